The first kappa shape index (κ1) is 14.3. The van der Waals surface area contributed by atoms with Crippen molar-refractivity contribution in [2.75, 3.05) is 19.0 Å². The molecule has 2 aromatic carbocycles. The summed E-state index contributed by atoms with van der Waals surface area (Å²) >= 11 is 0. The predicted octanol–water partition coefficient (Wildman–Crippen LogP) is 3.79. The second-order valence-electron chi connectivity index (χ2n) is 5.47. The molecule has 0 aliphatic rings. The van der Waals surface area contributed by atoms with Crippen molar-refractivity contribution in [1.29, 1.82) is 0 Å². The molecule has 0 fully saturated rings. The lowest BCUT2D eigenvalue weighted by atomic mass is 9.98. The Kier molecular flexibility index (Phi) is 4.23. The Bertz CT molecular complexity index is 612. The second kappa shape index (κ2) is 5.91. The molecule has 0 spiro atoms. The third-order valence-corrected chi connectivity index (χ3v) is 3.56. The lowest BCUT2D eigenvalue weighted by molar-refractivity contribution is 0.0993. The van der Waals surface area contributed by atoms with Gasteiger partial charge < -0.3 is 4.90 Å². The van der Waals surface area contributed by atoms with Crippen LogP contribution in [0.1, 0.15) is 27.0 Å². The van der Waals surface area contributed by atoms with E-state index in [-0.39, 0.29) is 5.78 Å². The van der Waals surface area contributed by atoms with Gasteiger partial charge in [-0.15, -0.1) is 0 Å². The highest BCUT2D eigenvalue weighted by atomic mass is 16.1. The zero-order valence-electron chi connectivity index (χ0n) is 12.6. The van der Waals surface area contributed by atoms with E-state index in [9.17, 15) is 4.79 Å². The van der Waals surface area contributed by atoms with Crippen LogP contribution in [0.2, 0.25) is 0 Å². The molecule has 0 radical (unpaired) electrons. The van der Waals surface area contributed by atoms with E-state index in [1.54, 1.807) is 0 Å². The molecule has 0 unspecified atom stereocenters. The highest BCUT2D eigenvalue weighted by Gasteiger charge is 2.09. The van der Waals surface area contributed by atoms with Crippen LogP contribution >= 0.6 is 0 Å². The Morgan fingerprint density at radius 3 is 2.25 bits per heavy atom. The SMILES string of the molecule is Cc1ccc(C)c(CC(=O)c2ccc(N(C)C)cc2)c1. The van der Waals surface area contributed by atoms with Crippen molar-refractivity contribution < 1.29 is 4.79 Å². The normalized spacial score (nSPS) is 10.4. The highest BCUT2D eigenvalue weighted by molar-refractivity contribution is 5.98. The van der Waals surface area contributed by atoms with Crippen molar-refractivity contribution in [2.24, 2.45) is 0 Å². The summed E-state index contributed by atoms with van der Waals surface area (Å²) in [5.41, 5.74) is 5.37. The molecule has 104 valence electrons. The van der Waals surface area contributed by atoms with Gasteiger partial charge in [-0.05, 0) is 49.2 Å². The van der Waals surface area contributed by atoms with E-state index in [0.29, 0.717) is 6.42 Å². The molecule has 0 N–H and O–H groups in total. The van der Waals surface area contributed by atoms with Crippen LogP contribution in [0, 0.1) is 13.8 Å². The molecule has 0 aliphatic carbocycles. The Balaban J connectivity index is 2.17. The van der Waals surface area contributed by atoms with Gasteiger partial charge in [0.25, 0.3) is 0 Å². The predicted molar refractivity (Wildman–Crippen MR) is 84.7 cm³/mol. The summed E-state index contributed by atoms with van der Waals surface area (Å²) in [7, 11) is 3.99. The van der Waals surface area contributed by atoms with Crippen molar-refractivity contribution in [3.05, 3.63) is 64.7 Å². The molecule has 2 aromatic rings. The summed E-state index contributed by atoms with van der Waals surface area (Å²) in [6.07, 6.45) is 0.467. The van der Waals surface area contributed by atoms with Gasteiger partial charge >= 0.3 is 0 Å². The number of rotatable bonds is 4. The molecule has 0 bridgehead atoms. The topological polar surface area (TPSA) is 20.3 Å². The van der Waals surface area contributed by atoms with Crippen molar-refractivity contribution in [3.8, 4) is 0 Å². The number of nitrogens with zero attached hydrogens (tertiary/aromatic N) is 1. The zero-order valence-corrected chi connectivity index (χ0v) is 12.6. The molecule has 2 rings (SSSR count). The lowest BCUT2D eigenvalue weighted by Gasteiger charge is -2.12. The zero-order chi connectivity index (χ0) is 14.7. The number of anilines is 1. The van der Waals surface area contributed by atoms with Crippen LogP contribution in [0.4, 0.5) is 5.69 Å². The quantitative estimate of drug-likeness (QED) is 0.785. The largest absolute Gasteiger partial charge is 0.378 e. The Morgan fingerprint density at radius 2 is 1.65 bits per heavy atom. The van der Waals surface area contributed by atoms with Crippen LogP contribution in [-0.2, 0) is 6.42 Å². The molecule has 0 aromatic heterocycles. The lowest BCUT2D eigenvalue weighted by Crippen LogP contribution is -2.09. The molecule has 0 heterocycles. The summed E-state index contributed by atoms with van der Waals surface area (Å²) in [6.45, 7) is 4.11. The van der Waals surface area contributed by atoms with Gasteiger partial charge in [0.2, 0.25) is 0 Å². The summed E-state index contributed by atoms with van der Waals surface area (Å²) in [5, 5.41) is 0. The van der Waals surface area contributed by atoms with Crippen LogP contribution < -0.4 is 4.90 Å². The number of ketones is 1. The van der Waals surface area contributed by atoms with Gasteiger partial charge in [-0.2, -0.15) is 0 Å². The minimum Gasteiger partial charge on any atom is -0.378 e. The van der Waals surface area contributed by atoms with E-state index < -0.39 is 0 Å². The van der Waals surface area contributed by atoms with E-state index in [2.05, 4.69) is 32.0 Å². The van der Waals surface area contributed by atoms with Gasteiger partial charge in [-0.25, -0.2) is 0 Å². The molecule has 0 saturated carbocycles. The fourth-order valence-electron chi connectivity index (χ4n) is 2.21. The summed E-state index contributed by atoms with van der Waals surface area (Å²) in [6, 6.07) is 14.0. The van der Waals surface area contributed by atoms with Crippen molar-refractivity contribution >= 4 is 11.5 Å². The van der Waals surface area contributed by atoms with Crippen LogP contribution in [0.15, 0.2) is 42.5 Å². The number of hydrogen-bond donors (Lipinski definition) is 0. The third-order valence-electron chi connectivity index (χ3n) is 3.56. The average molecular weight is 267 g/mol. The van der Waals surface area contributed by atoms with Gasteiger partial charge in [0.1, 0.15) is 0 Å². The van der Waals surface area contributed by atoms with Crippen molar-refractivity contribution in [3.63, 3.8) is 0 Å². The molecule has 0 atom stereocenters. The van der Waals surface area contributed by atoms with E-state index >= 15 is 0 Å². The number of carbonyl (C=O) groups is 1. The maximum absolute atomic E-state index is 12.3. The first-order valence-electron chi connectivity index (χ1n) is 6.84. The Labute approximate surface area is 121 Å². The van der Waals surface area contributed by atoms with Gasteiger partial charge in [0.05, 0.1) is 0 Å². The molecule has 2 heteroatoms. The average Bonchev–Trinajstić information content (AvgIpc) is 2.43. The van der Waals surface area contributed by atoms with Gasteiger partial charge in [-0.3, -0.25) is 4.79 Å². The van der Waals surface area contributed by atoms with Crippen LogP contribution in [-0.4, -0.2) is 19.9 Å². The minimum atomic E-state index is 0.170. The summed E-state index contributed by atoms with van der Waals surface area (Å²) < 4.78 is 0. The Morgan fingerprint density at radius 1 is 1.00 bits per heavy atom. The fraction of sp³-hybridized carbons (Fsp3) is 0.278. The molecule has 0 amide bonds. The highest BCUT2D eigenvalue weighted by Crippen LogP contribution is 2.16. The molecular formula is C18H21NO. The van der Waals surface area contributed by atoms with Gasteiger partial charge in [-0.1, -0.05) is 23.8 Å². The van der Waals surface area contributed by atoms with E-state index in [4.69, 9.17) is 0 Å². The molecular weight excluding hydrogens is 246 g/mol. The standard InChI is InChI=1S/C18H21NO/c1-13-5-6-14(2)16(11-13)12-18(20)15-7-9-17(10-8-15)19(3)4/h5-11H,12H2,1-4H3. The van der Waals surface area contributed by atoms with Crippen molar-refractivity contribution in [2.45, 2.75) is 20.3 Å². The number of hydrogen-bond acceptors (Lipinski definition) is 2. The maximum atomic E-state index is 12.3. The second-order valence-corrected chi connectivity index (χ2v) is 5.47. The Hall–Kier alpha value is -2.09. The monoisotopic (exact) mass is 267 g/mol. The van der Waals surface area contributed by atoms with Crippen LogP contribution in [0.25, 0.3) is 0 Å². The number of aryl methyl sites for hydroxylation is 2. The summed E-state index contributed by atoms with van der Waals surface area (Å²) in [5.74, 6) is 0.170. The number of benzene rings is 2. The first-order chi connectivity index (χ1) is 9.47. The molecule has 20 heavy (non-hydrogen) atoms. The minimum absolute atomic E-state index is 0.170. The van der Waals surface area contributed by atoms with Gasteiger partial charge in [0, 0.05) is 31.8 Å². The maximum Gasteiger partial charge on any atom is 0.167 e. The number of Topliss-reactive ketones (excluding diaryl/α,β-unsaturated/α-hetero) is 1. The van der Waals surface area contributed by atoms with Crippen LogP contribution in [0.5, 0.6) is 0 Å². The molecule has 0 saturated heterocycles. The van der Waals surface area contributed by atoms with Gasteiger partial charge in [0.15, 0.2) is 5.78 Å². The molecule has 2 nitrogen and oxygen atoms in total. The summed E-state index contributed by atoms with van der Waals surface area (Å²) in [4.78, 5) is 14.4. The van der Waals surface area contributed by atoms with E-state index in [1.165, 1.54) is 11.1 Å². The van der Waals surface area contributed by atoms with Crippen LogP contribution in [0.3, 0.4) is 0 Å². The fourth-order valence-corrected chi connectivity index (χ4v) is 2.21. The van der Waals surface area contributed by atoms with E-state index in [1.807, 2.05) is 43.3 Å². The molecule has 0 aliphatic heterocycles. The smallest absolute Gasteiger partial charge is 0.167 e. The van der Waals surface area contributed by atoms with Crippen molar-refractivity contribution in [1.82, 2.24) is 0 Å². The number of carbonyl (C=O) groups excluding carboxylic acids is 1. The van der Waals surface area contributed by atoms with E-state index in [0.717, 1.165) is 16.8 Å². The first-order valence-corrected chi connectivity index (χ1v) is 6.84. The third kappa shape index (κ3) is 3.27.